The summed E-state index contributed by atoms with van der Waals surface area (Å²) in [7, 11) is 4.78. The molecule has 2 heterocycles. The fourth-order valence-corrected chi connectivity index (χ4v) is 5.21. The molecule has 48 heavy (non-hydrogen) atoms. The minimum Gasteiger partial charge on any atom is -0.465 e. The van der Waals surface area contributed by atoms with E-state index in [2.05, 4.69) is 4.98 Å². The van der Waals surface area contributed by atoms with Crippen molar-refractivity contribution in [3.8, 4) is 34.4 Å². The largest absolute Gasteiger partial charge is 0.465 e. The summed E-state index contributed by atoms with van der Waals surface area (Å²) in [5, 5.41) is 0. The van der Waals surface area contributed by atoms with E-state index in [9.17, 15) is 9.59 Å². The number of hydrogen-bond donors (Lipinski definition) is 1. The highest BCUT2D eigenvalue weighted by Crippen LogP contribution is 2.40. The Balaban J connectivity index is 1.57. The van der Waals surface area contributed by atoms with E-state index in [1.54, 1.807) is 50.2 Å². The quantitative estimate of drug-likeness (QED) is 0.197. The fourth-order valence-electron chi connectivity index (χ4n) is 5.21. The average Bonchev–Trinajstić information content (AvgIpc) is 3.10. The summed E-state index contributed by atoms with van der Waals surface area (Å²) >= 11 is 0. The van der Waals surface area contributed by atoms with Gasteiger partial charge < -0.3 is 39.4 Å². The normalized spacial score (nSPS) is 12.8. The van der Waals surface area contributed by atoms with Gasteiger partial charge in [-0.15, -0.1) is 0 Å². The number of nitrogens with zero attached hydrogens (tertiary/aromatic N) is 4. The van der Waals surface area contributed by atoms with Gasteiger partial charge in [-0.1, -0.05) is 30.3 Å². The van der Waals surface area contributed by atoms with Crippen LogP contribution < -0.4 is 25.0 Å². The average molecular weight is 662 g/mol. The van der Waals surface area contributed by atoms with Crippen molar-refractivity contribution in [3.63, 3.8) is 0 Å². The summed E-state index contributed by atoms with van der Waals surface area (Å²) in [6, 6.07) is 19.3. The lowest BCUT2D eigenvalue weighted by atomic mass is 10.0. The maximum atomic E-state index is 16.4. The predicted molar refractivity (Wildman–Crippen MR) is 177 cm³/mol. The van der Waals surface area contributed by atoms with E-state index >= 15 is 8.78 Å². The van der Waals surface area contributed by atoms with Crippen LogP contribution in [0, 0.1) is 11.6 Å². The third-order valence-corrected chi connectivity index (χ3v) is 7.75. The molecular weight excluding hydrogens is 624 g/mol. The summed E-state index contributed by atoms with van der Waals surface area (Å²) in [5.74, 6) is -3.89. The third-order valence-electron chi connectivity index (χ3n) is 7.75. The summed E-state index contributed by atoms with van der Waals surface area (Å²) in [6.45, 7) is 2.77. The standard InChI is InChI=1S/C35H37F2N5O6/c1-5-46-35(44)42-16-14-41(15-17-42)31-29(36)32(47-26-11-7-10-24(19-26)23-9-6-8-22(18-23)21-38)39-33(30(31)37)48-28-20-25(40(2)3)12-13-27(28)34(43)45-4/h6-13,18-20H,5,14-17,21,38H2,1-4H3. The van der Waals surface area contributed by atoms with Gasteiger partial charge in [0.2, 0.25) is 11.6 Å². The Bertz CT molecular complexity index is 1800. The van der Waals surface area contributed by atoms with E-state index in [-0.39, 0.29) is 49.8 Å². The third kappa shape index (κ3) is 7.41. The number of ether oxygens (including phenoxy) is 4. The second kappa shape index (κ2) is 15.0. The Morgan fingerprint density at radius 3 is 2.21 bits per heavy atom. The molecule has 0 bridgehead atoms. The summed E-state index contributed by atoms with van der Waals surface area (Å²) in [5.41, 5.74) is 8.60. The minimum atomic E-state index is -1.11. The van der Waals surface area contributed by atoms with Crippen molar-refractivity contribution in [2.24, 2.45) is 5.73 Å². The van der Waals surface area contributed by atoms with Crippen LogP contribution in [0.15, 0.2) is 66.7 Å². The maximum Gasteiger partial charge on any atom is 0.409 e. The zero-order valence-corrected chi connectivity index (χ0v) is 27.2. The van der Waals surface area contributed by atoms with Crippen molar-refractivity contribution in [3.05, 3.63) is 89.5 Å². The van der Waals surface area contributed by atoms with Crippen LogP contribution >= 0.6 is 0 Å². The molecule has 1 aromatic heterocycles. The smallest absolute Gasteiger partial charge is 0.409 e. The molecule has 0 spiro atoms. The molecule has 1 aliphatic rings. The van der Waals surface area contributed by atoms with E-state index in [0.29, 0.717) is 12.2 Å². The molecule has 1 saturated heterocycles. The molecule has 3 aromatic carbocycles. The Kier molecular flexibility index (Phi) is 10.6. The molecule has 5 rings (SSSR count). The predicted octanol–water partition coefficient (Wildman–Crippen LogP) is 6.20. The first-order valence-electron chi connectivity index (χ1n) is 15.3. The molecular formula is C35H37F2N5O6. The van der Waals surface area contributed by atoms with Crippen LogP contribution in [0.5, 0.6) is 23.3 Å². The van der Waals surface area contributed by atoms with Gasteiger partial charge in [-0.2, -0.15) is 13.8 Å². The Labute approximate surface area is 277 Å². The lowest BCUT2D eigenvalue weighted by Crippen LogP contribution is -2.49. The number of halogens is 2. The number of nitrogens with two attached hydrogens (primary N) is 1. The minimum absolute atomic E-state index is 0.00750. The number of amides is 1. The van der Waals surface area contributed by atoms with Crippen molar-refractivity contribution in [2.75, 3.05) is 63.8 Å². The summed E-state index contributed by atoms with van der Waals surface area (Å²) in [4.78, 5) is 33.7. The number of benzene rings is 3. The number of carbonyl (C=O) groups is 2. The van der Waals surface area contributed by atoms with E-state index in [1.165, 1.54) is 29.0 Å². The number of anilines is 2. The number of rotatable bonds is 10. The zero-order chi connectivity index (χ0) is 34.4. The molecule has 0 atom stereocenters. The van der Waals surface area contributed by atoms with Crippen molar-refractivity contribution in [1.29, 1.82) is 0 Å². The van der Waals surface area contributed by atoms with Crippen LogP contribution in [0.1, 0.15) is 22.8 Å². The highest BCUT2D eigenvalue weighted by molar-refractivity contribution is 5.93. The van der Waals surface area contributed by atoms with Crippen molar-refractivity contribution in [2.45, 2.75) is 13.5 Å². The van der Waals surface area contributed by atoms with Gasteiger partial charge in [-0.3, -0.25) is 0 Å². The Morgan fingerprint density at radius 2 is 1.56 bits per heavy atom. The molecule has 2 N–H and O–H groups in total. The lowest BCUT2D eigenvalue weighted by molar-refractivity contribution is 0.0597. The van der Waals surface area contributed by atoms with Crippen molar-refractivity contribution in [1.82, 2.24) is 9.88 Å². The molecule has 0 radical (unpaired) electrons. The van der Waals surface area contributed by atoms with Crippen molar-refractivity contribution >= 4 is 23.4 Å². The SMILES string of the molecule is CCOC(=O)N1CCN(c2c(F)c(Oc3cccc(-c4cccc(CN)c4)c3)nc(Oc3cc(N(C)C)ccc3C(=O)OC)c2F)CC1. The van der Waals surface area contributed by atoms with Gasteiger partial charge in [0.05, 0.1) is 13.7 Å². The first kappa shape index (κ1) is 33.9. The van der Waals surface area contributed by atoms with Gasteiger partial charge in [0.1, 0.15) is 22.7 Å². The molecule has 1 amide bonds. The van der Waals surface area contributed by atoms with Gasteiger partial charge in [0.15, 0.2) is 0 Å². The van der Waals surface area contributed by atoms with Crippen LogP contribution in [0.3, 0.4) is 0 Å². The number of aromatic nitrogens is 1. The van der Waals surface area contributed by atoms with Gasteiger partial charge in [-0.05, 0) is 53.9 Å². The van der Waals surface area contributed by atoms with Gasteiger partial charge in [0.25, 0.3) is 11.8 Å². The molecule has 0 unspecified atom stereocenters. The topological polar surface area (TPSA) is 120 Å². The van der Waals surface area contributed by atoms with E-state index in [4.69, 9.17) is 24.7 Å². The van der Waals surface area contributed by atoms with Gasteiger partial charge >= 0.3 is 12.1 Å². The number of piperazine rings is 1. The van der Waals surface area contributed by atoms with Crippen molar-refractivity contribution < 1.29 is 37.3 Å². The zero-order valence-electron chi connectivity index (χ0n) is 27.2. The monoisotopic (exact) mass is 661 g/mol. The van der Waals surface area contributed by atoms with Crippen LogP contribution in [-0.2, 0) is 16.0 Å². The van der Waals surface area contributed by atoms with E-state index in [0.717, 1.165) is 16.7 Å². The molecule has 4 aromatic rings. The molecule has 1 aliphatic heterocycles. The van der Waals surface area contributed by atoms with Gasteiger partial charge in [-0.25, -0.2) is 9.59 Å². The first-order chi connectivity index (χ1) is 23.1. The number of pyridine rings is 1. The summed E-state index contributed by atoms with van der Waals surface area (Å²) in [6.07, 6.45) is -0.506. The second-order valence-corrected chi connectivity index (χ2v) is 11.1. The second-order valence-electron chi connectivity index (χ2n) is 11.1. The van der Waals surface area contributed by atoms with E-state index in [1.807, 2.05) is 30.3 Å². The number of methoxy groups -OCH3 is 1. The molecule has 11 nitrogen and oxygen atoms in total. The fraction of sp³-hybridized carbons (Fsp3) is 0.286. The molecule has 0 aliphatic carbocycles. The Morgan fingerprint density at radius 1 is 0.896 bits per heavy atom. The number of carbonyl (C=O) groups excluding carboxylic acids is 2. The van der Waals surface area contributed by atoms with Crippen LogP contribution in [-0.4, -0.2) is 75.9 Å². The lowest BCUT2D eigenvalue weighted by Gasteiger charge is -2.35. The number of hydrogen-bond acceptors (Lipinski definition) is 10. The molecule has 13 heteroatoms. The highest BCUT2D eigenvalue weighted by Gasteiger charge is 2.32. The Hall–Kier alpha value is -5.43. The summed E-state index contributed by atoms with van der Waals surface area (Å²) < 4.78 is 54.6. The van der Waals surface area contributed by atoms with Gasteiger partial charge in [0, 0.05) is 58.6 Å². The van der Waals surface area contributed by atoms with Crippen LogP contribution in [0.25, 0.3) is 11.1 Å². The molecule has 1 fully saturated rings. The number of esters is 1. The van der Waals surface area contributed by atoms with Crippen LogP contribution in [0.2, 0.25) is 0 Å². The molecule has 0 saturated carbocycles. The maximum absolute atomic E-state index is 16.4. The highest BCUT2D eigenvalue weighted by atomic mass is 19.1. The first-order valence-corrected chi connectivity index (χ1v) is 15.3. The van der Waals surface area contributed by atoms with E-state index < -0.39 is 41.1 Å². The van der Waals surface area contributed by atoms with Crippen LogP contribution in [0.4, 0.5) is 25.0 Å². The molecule has 252 valence electrons.